The van der Waals surface area contributed by atoms with E-state index in [9.17, 15) is 19.5 Å². The van der Waals surface area contributed by atoms with E-state index in [0.29, 0.717) is 19.3 Å². The van der Waals surface area contributed by atoms with Crippen molar-refractivity contribution in [2.45, 2.75) is 264 Å². The Morgan fingerprint density at radius 3 is 1.20 bits per heavy atom. The maximum atomic E-state index is 12.8. The van der Waals surface area contributed by atoms with Gasteiger partial charge in [-0.1, -0.05) is 206 Å². The summed E-state index contributed by atoms with van der Waals surface area (Å²) in [5.74, 6) is -1.45. The second kappa shape index (κ2) is 43.7. The van der Waals surface area contributed by atoms with Crippen molar-refractivity contribution in [1.29, 1.82) is 0 Å². The highest BCUT2D eigenvalue weighted by Crippen LogP contribution is 2.16. The van der Waals surface area contributed by atoms with E-state index in [-0.39, 0.29) is 36.2 Å². The molecule has 354 valence electrons. The molecule has 0 aliphatic heterocycles. The Morgan fingerprint density at radius 2 is 0.833 bits per heavy atom. The monoisotopic (exact) mass is 851 g/mol. The number of carboxylic acid groups (broad SMARTS) is 1. The van der Waals surface area contributed by atoms with Gasteiger partial charge in [0.2, 0.25) is 0 Å². The molecule has 0 rings (SSSR count). The maximum absolute atomic E-state index is 12.8. The topological polar surface area (TPSA) is 99.1 Å². The highest BCUT2D eigenvalue weighted by molar-refractivity contribution is 5.72. The van der Waals surface area contributed by atoms with Crippen molar-refractivity contribution in [2.75, 3.05) is 41.0 Å². The SMILES string of the molecule is CCCCCCCCCCCCCC/C=C/CCCCCCCCCC(=O)OC(COCCC(C(=O)O)[N+](C)(C)C)COC(=O)CCCCCCCCCCCCCCC. The van der Waals surface area contributed by atoms with Crippen LogP contribution in [-0.4, -0.2) is 80.6 Å². The summed E-state index contributed by atoms with van der Waals surface area (Å²) in [5.41, 5.74) is 0. The highest BCUT2D eigenvalue weighted by atomic mass is 16.6. The predicted octanol–water partition coefficient (Wildman–Crippen LogP) is 14.6. The van der Waals surface area contributed by atoms with E-state index in [2.05, 4.69) is 26.0 Å². The number of allylic oxidation sites excluding steroid dienone is 2. The Kier molecular flexibility index (Phi) is 42.3. The lowest BCUT2D eigenvalue weighted by molar-refractivity contribution is -0.887. The fourth-order valence-corrected chi connectivity index (χ4v) is 7.91. The molecule has 0 aromatic carbocycles. The Morgan fingerprint density at radius 1 is 0.483 bits per heavy atom. The third-order valence-electron chi connectivity index (χ3n) is 11.9. The van der Waals surface area contributed by atoms with Gasteiger partial charge in [-0.25, -0.2) is 4.79 Å². The number of likely N-dealkylation sites (N-methyl/N-ethyl adjacent to an activating group) is 1. The van der Waals surface area contributed by atoms with Crippen LogP contribution in [0.1, 0.15) is 251 Å². The summed E-state index contributed by atoms with van der Waals surface area (Å²) in [5, 5.41) is 9.64. The first-order valence-electron chi connectivity index (χ1n) is 25.7. The van der Waals surface area contributed by atoms with Crippen molar-refractivity contribution in [3.8, 4) is 0 Å². The molecule has 0 spiro atoms. The van der Waals surface area contributed by atoms with E-state index < -0.39 is 18.1 Å². The molecule has 0 heterocycles. The zero-order valence-electron chi connectivity index (χ0n) is 40.4. The standard InChI is InChI=1S/C52H99NO7/c1-6-8-10-12-14-16-18-20-21-22-23-24-25-26-27-28-29-31-33-35-37-39-41-43-51(55)60-48(46-58-45-44-49(52(56)57)53(3,4)5)47-59-50(54)42-40-38-36-34-32-30-19-17-15-13-11-9-7-2/h26-27,48-49H,6-25,28-47H2,1-5H3/p+1/b27-26+. The molecule has 2 unspecified atom stereocenters. The number of unbranched alkanes of at least 4 members (excludes halogenated alkanes) is 31. The van der Waals surface area contributed by atoms with Crippen molar-refractivity contribution < 1.29 is 38.2 Å². The molecular formula is C52H100NO7+. The van der Waals surface area contributed by atoms with Gasteiger partial charge in [0.05, 0.1) is 34.4 Å². The molecule has 2 atom stereocenters. The van der Waals surface area contributed by atoms with E-state index in [1.807, 2.05) is 21.1 Å². The van der Waals surface area contributed by atoms with Gasteiger partial charge in [0, 0.05) is 19.3 Å². The lowest BCUT2D eigenvalue weighted by atomic mass is 10.0. The van der Waals surface area contributed by atoms with E-state index in [1.54, 1.807) is 0 Å². The second-order valence-corrected chi connectivity index (χ2v) is 18.8. The summed E-state index contributed by atoms with van der Waals surface area (Å²) in [6.07, 6.45) is 48.3. The summed E-state index contributed by atoms with van der Waals surface area (Å²) in [6, 6.07) is -0.611. The van der Waals surface area contributed by atoms with E-state index in [0.717, 1.165) is 38.5 Å². The van der Waals surface area contributed by atoms with Gasteiger partial charge in [-0.15, -0.1) is 0 Å². The van der Waals surface area contributed by atoms with Crippen LogP contribution in [0.25, 0.3) is 0 Å². The normalized spacial score (nSPS) is 12.9. The number of carbonyl (C=O) groups excluding carboxylic acids is 2. The summed E-state index contributed by atoms with van der Waals surface area (Å²) < 4.78 is 17.3. The number of esters is 2. The van der Waals surface area contributed by atoms with E-state index >= 15 is 0 Å². The van der Waals surface area contributed by atoms with Crippen LogP contribution in [0.2, 0.25) is 0 Å². The number of aliphatic carboxylic acids is 1. The molecule has 0 fully saturated rings. The number of rotatable bonds is 47. The number of carbonyl (C=O) groups is 3. The molecule has 8 nitrogen and oxygen atoms in total. The van der Waals surface area contributed by atoms with Crippen LogP contribution in [0.15, 0.2) is 12.2 Å². The van der Waals surface area contributed by atoms with E-state index in [4.69, 9.17) is 14.2 Å². The molecule has 0 amide bonds. The molecule has 0 bridgehead atoms. The zero-order valence-corrected chi connectivity index (χ0v) is 40.4. The minimum absolute atomic E-state index is 0.0463. The molecule has 0 saturated heterocycles. The van der Waals surface area contributed by atoms with Crippen LogP contribution >= 0.6 is 0 Å². The van der Waals surface area contributed by atoms with Crippen LogP contribution in [0, 0.1) is 0 Å². The Hall–Kier alpha value is -1.93. The smallest absolute Gasteiger partial charge is 0.362 e. The Bertz CT molecular complexity index is 993. The number of nitrogens with zero attached hydrogens (tertiary/aromatic N) is 1. The van der Waals surface area contributed by atoms with Gasteiger partial charge in [-0.3, -0.25) is 9.59 Å². The third-order valence-corrected chi connectivity index (χ3v) is 11.9. The fourth-order valence-electron chi connectivity index (χ4n) is 7.91. The zero-order chi connectivity index (χ0) is 44.2. The van der Waals surface area contributed by atoms with E-state index in [1.165, 1.54) is 180 Å². The minimum atomic E-state index is -0.872. The highest BCUT2D eigenvalue weighted by Gasteiger charge is 2.31. The van der Waals surface area contributed by atoms with Crippen LogP contribution < -0.4 is 0 Å². The number of hydrogen-bond acceptors (Lipinski definition) is 6. The van der Waals surface area contributed by atoms with Gasteiger partial charge in [0.25, 0.3) is 0 Å². The molecule has 0 aromatic heterocycles. The van der Waals surface area contributed by atoms with Gasteiger partial charge >= 0.3 is 17.9 Å². The third kappa shape index (κ3) is 41.4. The average molecular weight is 851 g/mol. The molecule has 0 saturated carbocycles. The lowest BCUT2D eigenvalue weighted by Crippen LogP contribution is -2.50. The van der Waals surface area contributed by atoms with Crippen molar-refractivity contribution in [1.82, 2.24) is 0 Å². The Labute approximate surface area is 371 Å². The van der Waals surface area contributed by atoms with Gasteiger partial charge in [0.1, 0.15) is 6.61 Å². The first-order valence-corrected chi connectivity index (χ1v) is 25.7. The van der Waals surface area contributed by atoms with Crippen molar-refractivity contribution >= 4 is 17.9 Å². The van der Waals surface area contributed by atoms with Crippen LogP contribution in [0.4, 0.5) is 0 Å². The fraction of sp³-hybridized carbons (Fsp3) is 0.904. The largest absolute Gasteiger partial charge is 0.477 e. The van der Waals surface area contributed by atoms with Crippen molar-refractivity contribution in [3.05, 3.63) is 12.2 Å². The minimum Gasteiger partial charge on any atom is -0.477 e. The predicted molar refractivity (Wildman–Crippen MR) is 252 cm³/mol. The van der Waals surface area contributed by atoms with Gasteiger partial charge < -0.3 is 23.8 Å². The number of quaternary nitrogens is 1. The number of ether oxygens (including phenoxy) is 3. The van der Waals surface area contributed by atoms with Crippen molar-refractivity contribution in [2.24, 2.45) is 0 Å². The molecule has 0 aromatic rings. The molecule has 1 N–H and O–H groups in total. The maximum Gasteiger partial charge on any atom is 0.362 e. The summed E-state index contributed by atoms with van der Waals surface area (Å²) >= 11 is 0. The number of carboxylic acids is 1. The van der Waals surface area contributed by atoms with Gasteiger partial charge in [-0.05, 0) is 38.5 Å². The molecule has 0 aliphatic carbocycles. The average Bonchev–Trinajstić information content (AvgIpc) is 3.21. The summed E-state index contributed by atoms with van der Waals surface area (Å²) in [4.78, 5) is 37.1. The van der Waals surface area contributed by atoms with Gasteiger partial charge in [0.15, 0.2) is 12.1 Å². The lowest BCUT2D eigenvalue weighted by Gasteiger charge is -2.31. The summed E-state index contributed by atoms with van der Waals surface area (Å²) in [6.45, 7) is 4.77. The molecular weight excluding hydrogens is 751 g/mol. The van der Waals surface area contributed by atoms with Gasteiger partial charge in [-0.2, -0.15) is 0 Å². The van der Waals surface area contributed by atoms with Crippen LogP contribution in [0.5, 0.6) is 0 Å². The quantitative estimate of drug-likeness (QED) is 0.0282. The van der Waals surface area contributed by atoms with Crippen LogP contribution in [0.3, 0.4) is 0 Å². The van der Waals surface area contributed by atoms with Crippen molar-refractivity contribution in [3.63, 3.8) is 0 Å². The van der Waals surface area contributed by atoms with Crippen LogP contribution in [-0.2, 0) is 28.6 Å². The first kappa shape index (κ1) is 58.1. The molecule has 0 radical (unpaired) electrons. The first-order chi connectivity index (χ1) is 29.1. The molecule has 60 heavy (non-hydrogen) atoms. The number of hydrogen-bond donors (Lipinski definition) is 1. The second-order valence-electron chi connectivity index (χ2n) is 18.8. The molecule has 0 aliphatic rings. The Balaban J connectivity index is 4.18. The molecule has 8 heteroatoms. The summed E-state index contributed by atoms with van der Waals surface area (Å²) in [7, 11) is 5.54.